The van der Waals surface area contributed by atoms with E-state index in [0.717, 1.165) is 33.2 Å². The van der Waals surface area contributed by atoms with Crippen molar-refractivity contribution >= 4 is 16.7 Å². The van der Waals surface area contributed by atoms with E-state index < -0.39 is 0 Å². The Labute approximate surface area is 157 Å². The second kappa shape index (κ2) is 7.79. The molecule has 132 valence electrons. The quantitative estimate of drug-likeness (QED) is 0.586. The summed E-state index contributed by atoms with van der Waals surface area (Å²) >= 11 is 0. The smallest absolute Gasteiger partial charge is 0.224 e. The molecule has 2 heterocycles. The van der Waals surface area contributed by atoms with Crippen LogP contribution < -0.4 is 5.32 Å². The molecule has 0 fully saturated rings. The van der Waals surface area contributed by atoms with E-state index in [1.165, 1.54) is 0 Å². The molecular weight excluding hydrogens is 334 g/mol. The van der Waals surface area contributed by atoms with Gasteiger partial charge in [-0.15, -0.1) is 0 Å². The van der Waals surface area contributed by atoms with Crippen molar-refractivity contribution in [3.63, 3.8) is 0 Å². The summed E-state index contributed by atoms with van der Waals surface area (Å²) in [5.41, 5.74) is 3.85. The minimum absolute atomic E-state index is 0.00249. The van der Waals surface area contributed by atoms with Crippen LogP contribution in [0.25, 0.3) is 22.0 Å². The fraction of sp³-hybridized carbons (Fsp3) is 0.0870. The summed E-state index contributed by atoms with van der Waals surface area (Å²) in [6.07, 6.45) is 5.68. The van der Waals surface area contributed by atoms with Crippen LogP contribution in [0.5, 0.6) is 0 Å². The van der Waals surface area contributed by atoms with E-state index in [2.05, 4.69) is 33.5 Å². The van der Waals surface area contributed by atoms with Gasteiger partial charge in [0.1, 0.15) is 0 Å². The molecule has 0 bridgehead atoms. The van der Waals surface area contributed by atoms with Gasteiger partial charge in [-0.05, 0) is 40.1 Å². The normalized spacial score (nSPS) is 10.7. The number of benzene rings is 2. The van der Waals surface area contributed by atoms with Gasteiger partial charge < -0.3 is 5.32 Å². The van der Waals surface area contributed by atoms with Crippen LogP contribution in [0.2, 0.25) is 0 Å². The molecule has 2 aromatic heterocycles. The highest BCUT2D eigenvalue weighted by molar-refractivity contribution is 5.90. The van der Waals surface area contributed by atoms with Crippen molar-refractivity contribution in [2.24, 2.45) is 0 Å². The van der Waals surface area contributed by atoms with Gasteiger partial charge in [0.2, 0.25) is 5.91 Å². The first-order valence-corrected chi connectivity index (χ1v) is 8.88. The average molecular weight is 353 g/mol. The molecule has 4 heteroatoms. The van der Waals surface area contributed by atoms with Crippen LogP contribution in [0.15, 0.2) is 85.3 Å². The van der Waals surface area contributed by atoms with E-state index in [1.807, 2.05) is 48.5 Å². The van der Waals surface area contributed by atoms with Crippen molar-refractivity contribution < 1.29 is 4.79 Å². The van der Waals surface area contributed by atoms with Crippen LogP contribution in [-0.2, 0) is 17.8 Å². The van der Waals surface area contributed by atoms with Crippen molar-refractivity contribution in [1.82, 2.24) is 15.3 Å². The molecular formula is C23H19N3O. The van der Waals surface area contributed by atoms with Gasteiger partial charge >= 0.3 is 0 Å². The van der Waals surface area contributed by atoms with Crippen molar-refractivity contribution in [1.29, 1.82) is 0 Å². The van der Waals surface area contributed by atoms with Gasteiger partial charge in [0.25, 0.3) is 0 Å². The molecule has 4 nitrogen and oxygen atoms in total. The number of rotatable bonds is 5. The first kappa shape index (κ1) is 16.9. The van der Waals surface area contributed by atoms with Crippen molar-refractivity contribution in [2.45, 2.75) is 13.0 Å². The van der Waals surface area contributed by atoms with Gasteiger partial charge in [-0.25, -0.2) is 0 Å². The Hall–Kier alpha value is -3.53. The highest BCUT2D eigenvalue weighted by atomic mass is 16.1. The summed E-state index contributed by atoms with van der Waals surface area (Å²) in [6.45, 7) is 0.462. The number of carbonyl (C=O) groups excluding carboxylic acids is 1. The fourth-order valence-corrected chi connectivity index (χ4v) is 3.10. The third-order valence-corrected chi connectivity index (χ3v) is 4.50. The molecule has 27 heavy (non-hydrogen) atoms. The lowest BCUT2D eigenvalue weighted by molar-refractivity contribution is -0.120. The molecule has 0 radical (unpaired) electrons. The van der Waals surface area contributed by atoms with Crippen molar-refractivity contribution in [3.05, 3.63) is 96.4 Å². The number of fused-ring (bicyclic) bond motifs is 1. The number of carbonyl (C=O) groups is 1. The monoisotopic (exact) mass is 353 g/mol. The molecule has 0 atom stereocenters. The number of nitrogens with zero attached hydrogens (tertiary/aromatic N) is 2. The summed E-state index contributed by atoms with van der Waals surface area (Å²) in [4.78, 5) is 20.9. The van der Waals surface area contributed by atoms with Gasteiger partial charge in [0, 0.05) is 30.7 Å². The highest BCUT2D eigenvalue weighted by Crippen LogP contribution is 2.19. The average Bonchev–Trinajstić information content (AvgIpc) is 2.74. The zero-order valence-corrected chi connectivity index (χ0v) is 14.8. The molecule has 0 spiro atoms. The SMILES string of the molecule is O=C(Cc1cccc2ccccc12)NCc1ccc(-c2cccnc2)nc1. The van der Waals surface area contributed by atoms with Crippen molar-refractivity contribution in [2.75, 3.05) is 0 Å². The van der Waals surface area contributed by atoms with E-state index >= 15 is 0 Å². The minimum atomic E-state index is 0.00249. The molecule has 4 aromatic rings. The molecule has 2 aromatic carbocycles. The van der Waals surface area contributed by atoms with Crippen molar-refractivity contribution in [3.8, 4) is 11.3 Å². The Morgan fingerprint density at radius 2 is 1.78 bits per heavy atom. The van der Waals surface area contributed by atoms with Gasteiger partial charge in [0.05, 0.1) is 12.1 Å². The number of hydrogen-bond acceptors (Lipinski definition) is 3. The summed E-state index contributed by atoms with van der Waals surface area (Å²) in [5.74, 6) is 0.00249. The zero-order chi connectivity index (χ0) is 18.5. The van der Waals surface area contributed by atoms with Gasteiger partial charge in [-0.3, -0.25) is 14.8 Å². The van der Waals surface area contributed by atoms with Crippen LogP contribution >= 0.6 is 0 Å². The number of aromatic nitrogens is 2. The second-order valence-electron chi connectivity index (χ2n) is 6.39. The minimum Gasteiger partial charge on any atom is -0.352 e. The topological polar surface area (TPSA) is 54.9 Å². The Kier molecular flexibility index (Phi) is 4.88. The number of hydrogen-bond donors (Lipinski definition) is 1. The van der Waals surface area contributed by atoms with Crippen LogP contribution in [0, 0.1) is 0 Å². The van der Waals surface area contributed by atoms with Crippen LogP contribution in [0.4, 0.5) is 0 Å². The maximum Gasteiger partial charge on any atom is 0.224 e. The first-order chi connectivity index (χ1) is 13.3. The molecule has 1 amide bonds. The molecule has 0 aliphatic heterocycles. The summed E-state index contributed by atoms with van der Waals surface area (Å²) < 4.78 is 0. The molecule has 0 saturated carbocycles. The summed E-state index contributed by atoms with van der Waals surface area (Å²) in [6, 6.07) is 22.0. The standard InChI is InChI=1S/C23H19N3O/c27-23(13-19-7-3-6-18-5-1-2-9-21(18)19)26-15-17-10-11-22(25-14-17)20-8-4-12-24-16-20/h1-12,14,16H,13,15H2,(H,26,27). The predicted molar refractivity (Wildman–Crippen MR) is 107 cm³/mol. The molecule has 4 rings (SSSR count). The summed E-state index contributed by atoms with van der Waals surface area (Å²) in [5, 5.41) is 5.25. The maximum absolute atomic E-state index is 12.4. The highest BCUT2D eigenvalue weighted by Gasteiger charge is 2.07. The number of amides is 1. The lowest BCUT2D eigenvalue weighted by atomic mass is 10.0. The Balaban J connectivity index is 1.39. The number of nitrogens with one attached hydrogen (secondary N) is 1. The van der Waals surface area contributed by atoms with E-state index in [9.17, 15) is 4.79 Å². The van der Waals surface area contributed by atoms with Crippen LogP contribution in [0.3, 0.4) is 0 Å². The Morgan fingerprint density at radius 3 is 2.59 bits per heavy atom. The van der Waals surface area contributed by atoms with E-state index in [-0.39, 0.29) is 5.91 Å². The van der Waals surface area contributed by atoms with Gasteiger partial charge in [-0.1, -0.05) is 48.5 Å². The molecule has 0 saturated heterocycles. The van der Waals surface area contributed by atoms with E-state index in [4.69, 9.17) is 0 Å². The Bertz CT molecular complexity index is 1050. The lowest BCUT2D eigenvalue weighted by Crippen LogP contribution is -2.24. The molecule has 0 aliphatic rings. The largest absolute Gasteiger partial charge is 0.352 e. The maximum atomic E-state index is 12.4. The second-order valence-corrected chi connectivity index (χ2v) is 6.39. The fourth-order valence-electron chi connectivity index (χ4n) is 3.10. The van der Waals surface area contributed by atoms with Gasteiger partial charge in [0.15, 0.2) is 0 Å². The zero-order valence-electron chi connectivity index (χ0n) is 14.8. The van der Waals surface area contributed by atoms with E-state index in [1.54, 1.807) is 18.6 Å². The summed E-state index contributed by atoms with van der Waals surface area (Å²) in [7, 11) is 0. The predicted octanol–water partition coefficient (Wildman–Crippen LogP) is 4.16. The van der Waals surface area contributed by atoms with Crippen LogP contribution in [0.1, 0.15) is 11.1 Å². The first-order valence-electron chi connectivity index (χ1n) is 8.88. The molecule has 1 N–H and O–H groups in total. The third kappa shape index (κ3) is 4.01. The molecule has 0 unspecified atom stereocenters. The van der Waals surface area contributed by atoms with Gasteiger partial charge in [-0.2, -0.15) is 0 Å². The van der Waals surface area contributed by atoms with Crippen LogP contribution in [-0.4, -0.2) is 15.9 Å². The third-order valence-electron chi connectivity index (χ3n) is 4.50. The lowest BCUT2D eigenvalue weighted by Gasteiger charge is -2.08. The van der Waals surface area contributed by atoms with E-state index in [0.29, 0.717) is 13.0 Å². The number of pyridine rings is 2. The molecule has 0 aliphatic carbocycles. The Morgan fingerprint density at radius 1 is 0.889 bits per heavy atom.